The average molecular weight is 520 g/mol. The second-order valence-corrected chi connectivity index (χ2v) is 8.13. The first-order valence-corrected chi connectivity index (χ1v) is 10.8. The summed E-state index contributed by atoms with van der Waals surface area (Å²) >= 11 is 3.34. The molecule has 3 rings (SSSR count). The van der Waals surface area contributed by atoms with Gasteiger partial charge in [-0.2, -0.15) is 13.2 Å². The van der Waals surface area contributed by atoms with E-state index in [0.29, 0.717) is 5.69 Å². The number of carbonyl (C=O) groups is 2. The van der Waals surface area contributed by atoms with Crippen LogP contribution in [0, 0.1) is 0 Å². The average Bonchev–Trinajstić information content (AvgIpc) is 2.78. The SMILES string of the molecule is O=C(CCN(Cc1ccccc1)C(=O)Nc1ccc(Br)cc1)Nc1ccc(C(F)(F)F)cc1. The molecule has 172 valence electrons. The number of nitrogens with one attached hydrogen (secondary N) is 2. The van der Waals surface area contributed by atoms with Gasteiger partial charge in [-0.25, -0.2) is 4.79 Å². The van der Waals surface area contributed by atoms with Crippen LogP contribution in [0.5, 0.6) is 0 Å². The second kappa shape index (κ2) is 11.0. The molecule has 0 fully saturated rings. The Balaban J connectivity index is 1.63. The molecule has 0 radical (unpaired) electrons. The largest absolute Gasteiger partial charge is 0.416 e. The molecule has 0 atom stereocenters. The van der Waals surface area contributed by atoms with Gasteiger partial charge in [0.1, 0.15) is 0 Å². The van der Waals surface area contributed by atoms with Gasteiger partial charge in [0.05, 0.1) is 5.56 Å². The smallest absolute Gasteiger partial charge is 0.326 e. The normalized spacial score (nSPS) is 11.0. The summed E-state index contributed by atoms with van der Waals surface area (Å²) in [7, 11) is 0. The fraction of sp³-hybridized carbons (Fsp3) is 0.167. The quantitative estimate of drug-likeness (QED) is 0.372. The number of carbonyl (C=O) groups excluding carboxylic acids is 2. The van der Waals surface area contributed by atoms with Gasteiger partial charge >= 0.3 is 12.2 Å². The Morgan fingerprint density at radius 1 is 0.818 bits per heavy atom. The summed E-state index contributed by atoms with van der Waals surface area (Å²) < 4.78 is 38.9. The lowest BCUT2D eigenvalue weighted by atomic mass is 10.2. The Labute approximate surface area is 197 Å². The van der Waals surface area contributed by atoms with Crippen molar-refractivity contribution in [3.05, 3.63) is 94.5 Å². The molecule has 0 heterocycles. The molecule has 0 unspecified atom stereocenters. The molecule has 5 nitrogen and oxygen atoms in total. The van der Waals surface area contributed by atoms with Crippen LogP contribution in [0.25, 0.3) is 0 Å². The predicted molar refractivity (Wildman–Crippen MR) is 125 cm³/mol. The number of anilines is 2. The molecule has 0 aliphatic heterocycles. The summed E-state index contributed by atoms with van der Waals surface area (Å²) in [6.45, 7) is 0.403. The number of hydrogen-bond acceptors (Lipinski definition) is 2. The number of nitrogens with zero attached hydrogens (tertiary/aromatic N) is 1. The van der Waals surface area contributed by atoms with Crippen LogP contribution in [0.3, 0.4) is 0 Å². The highest BCUT2D eigenvalue weighted by molar-refractivity contribution is 9.10. The van der Waals surface area contributed by atoms with Crippen molar-refractivity contribution in [2.24, 2.45) is 0 Å². The van der Waals surface area contributed by atoms with Crippen molar-refractivity contribution < 1.29 is 22.8 Å². The number of rotatable bonds is 7. The minimum absolute atomic E-state index is 0.0262. The highest BCUT2D eigenvalue weighted by Gasteiger charge is 2.30. The third kappa shape index (κ3) is 7.64. The van der Waals surface area contributed by atoms with Gasteiger partial charge in [-0.3, -0.25) is 4.79 Å². The van der Waals surface area contributed by atoms with Gasteiger partial charge in [0.15, 0.2) is 0 Å². The van der Waals surface area contributed by atoms with Gasteiger partial charge in [0.25, 0.3) is 0 Å². The zero-order chi connectivity index (χ0) is 23.8. The minimum atomic E-state index is -4.44. The fourth-order valence-corrected chi connectivity index (χ4v) is 3.26. The predicted octanol–water partition coefficient (Wildman–Crippen LogP) is 6.53. The zero-order valence-corrected chi connectivity index (χ0v) is 19.0. The molecular formula is C24H21BrF3N3O2. The molecule has 0 saturated heterocycles. The van der Waals surface area contributed by atoms with Crippen LogP contribution < -0.4 is 10.6 Å². The standard InChI is InChI=1S/C24H21BrF3N3O2/c25-19-8-12-21(13-9-19)30-23(33)31(16-17-4-2-1-3-5-17)15-14-22(32)29-20-10-6-18(7-11-20)24(26,27)28/h1-13H,14-16H2,(H,29,32)(H,30,33). The fourth-order valence-electron chi connectivity index (χ4n) is 2.99. The third-order valence-corrected chi connectivity index (χ3v) is 5.23. The van der Waals surface area contributed by atoms with E-state index in [1.54, 1.807) is 24.3 Å². The van der Waals surface area contributed by atoms with Gasteiger partial charge in [0.2, 0.25) is 5.91 Å². The Bertz CT molecular complexity index is 1070. The molecule has 0 aliphatic rings. The lowest BCUT2D eigenvalue weighted by molar-refractivity contribution is -0.137. The van der Waals surface area contributed by atoms with Crippen molar-refractivity contribution in [1.82, 2.24) is 4.90 Å². The van der Waals surface area contributed by atoms with Crippen LogP contribution in [0.2, 0.25) is 0 Å². The number of alkyl halides is 3. The van der Waals surface area contributed by atoms with E-state index in [1.165, 1.54) is 17.0 Å². The maximum Gasteiger partial charge on any atom is 0.416 e. The first-order chi connectivity index (χ1) is 15.7. The third-order valence-electron chi connectivity index (χ3n) is 4.70. The van der Waals surface area contributed by atoms with Crippen molar-refractivity contribution in [2.45, 2.75) is 19.1 Å². The van der Waals surface area contributed by atoms with Crippen LogP contribution >= 0.6 is 15.9 Å². The van der Waals surface area contributed by atoms with E-state index in [1.807, 2.05) is 30.3 Å². The molecule has 0 spiro atoms. The van der Waals surface area contributed by atoms with E-state index in [0.717, 1.165) is 22.2 Å². The van der Waals surface area contributed by atoms with Crippen LogP contribution in [0.15, 0.2) is 83.3 Å². The van der Waals surface area contributed by atoms with Crippen LogP contribution in [0.1, 0.15) is 17.5 Å². The molecule has 0 aliphatic carbocycles. The number of hydrogen-bond donors (Lipinski definition) is 2. The lowest BCUT2D eigenvalue weighted by Crippen LogP contribution is -2.36. The van der Waals surface area contributed by atoms with Crippen LogP contribution in [-0.4, -0.2) is 23.4 Å². The maximum atomic E-state index is 12.9. The first kappa shape index (κ1) is 24.3. The summed E-state index contributed by atoms with van der Waals surface area (Å²) in [6, 6.07) is 20.3. The summed E-state index contributed by atoms with van der Waals surface area (Å²) in [5.74, 6) is -0.413. The Morgan fingerprint density at radius 3 is 2.00 bits per heavy atom. The highest BCUT2D eigenvalue weighted by atomic mass is 79.9. The van der Waals surface area contributed by atoms with E-state index in [9.17, 15) is 22.8 Å². The summed E-state index contributed by atoms with van der Waals surface area (Å²) in [6.07, 6.45) is -4.47. The Morgan fingerprint density at radius 2 is 1.39 bits per heavy atom. The molecule has 33 heavy (non-hydrogen) atoms. The second-order valence-electron chi connectivity index (χ2n) is 7.22. The summed E-state index contributed by atoms with van der Waals surface area (Å²) in [5.41, 5.74) is 0.961. The number of urea groups is 1. The van der Waals surface area contributed by atoms with Crippen molar-refractivity contribution >= 4 is 39.2 Å². The van der Waals surface area contributed by atoms with E-state index in [4.69, 9.17) is 0 Å². The molecule has 2 N–H and O–H groups in total. The van der Waals surface area contributed by atoms with Crippen molar-refractivity contribution in [1.29, 1.82) is 0 Å². The monoisotopic (exact) mass is 519 g/mol. The Hall–Kier alpha value is -3.33. The molecule has 9 heteroatoms. The lowest BCUT2D eigenvalue weighted by Gasteiger charge is -2.23. The molecule has 3 aromatic rings. The van der Waals surface area contributed by atoms with Gasteiger partial charge in [-0.15, -0.1) is 0 Å². The topological polar surface area (TPSA) is 61.4 Å². The van der Waals surface area contributed by atoms with Gasteiger partial charge in [-0.1, -0.05) is 46.3 Å². The van der Waals surface area contributed by atoms with Gasteiger partial charge in [0, 0.05) is 35.4 Å². The number of halogens is 4. The zero-order valence-electron chi connectivity index (χ0n) is 17.4. The molecular weight excluding hydrogens is 499 g/mol. The summed E-state index contributed by atoms with van der Waals surface area (Å²) in [5, 5.41) is 5.38. The molecule has 3 amide bonds. The van der Waals surface area contributed by atoms with E-state index >= 15 is 0 Å². The van der Waals surface area contributed by atoms with E-state index in [2.05, 4.69) is 26.6 Å². The van der Waals surface area contributed by atoms with E-state index < -0.39 is 17.6 Å². The molecule has 0 saturated carbocycles. The number of benzene rings is 3. The van der Waals surface area contributed by atoms with Crippen molar-refractivity contribution in [3.63, 3.8) is 0 Å². The van der Waals surface area contributed by atoms with E-state index in [-0.39, 0.29) is 31.2 Å². The van der Waals surface area contributed by atoms with Crippen molar-refractivity contribution in [3.8, 4) is 0 Å². The van der Waals surface area contributed by atoms with Gasteiger partial charge in [-0.05, 0) is 54.1 Å². The summed E-state index contributed by atoms with van der Waals surface area (Å²) in [4.78, 5) is 26.7. The van der Waals surface area contributed by atoms with Crippen molar-refractivity contribution in [2.75, 3.05) is 17.2 Å². The maximum absolute atomic E-state index is 12.9. The first-order valence-electron chi connectivity index (χ1n) is 10.0. The molecule has 3 aromatic carbocycles. The molecule has 0 aromatic heterocycles. The van der Waals surface area contributed by atoms with Crippen LogP contribution in [0.4, 0.5) is 29.3 Å². The van der Waals surface area contributed by atoms with Crippen LogP contribution in [-0.2, 0) is 17.5 Å². The highest BCUT2D eigenvalue weighted by Crippen LogP contribution is 2.29. The van der Waals surface area contributed by atoms with Gasteiger partial charge < -0.3 is 15.5 Å². The number of amides is 3. The molecule has 0 bridgehead atoms. The minimum Gasteiger partial charge on any atom is -0.326 e. The Kier molecular flexibility index (Phi) is 8.11.